The van der Waals surface area contributed by atoms with Gasteiger partial charge in [-0.15, -0.1) is 0 Å². The van der Waals surface area contributed by atoms with Crippen LogP contribution in [0.15, 0.2) is 42.5 Å². The van der Waals surface area contributed by atoms with Crippen LogP contribution in [0.1, 0.15) is 19.4 Å². The molecule has 0 heterocycles. The number of likely N-dealkylation sites (N-methyl/N-ethyl adjacent to an activating group) is 1. The van der Waals surface area contributed by atoms with Crippen LogP contribution < -0.4 is 10.6 Å². The predicted molar refractivity (Wildman–Crippen MR) is 83.9 cm³/mol. The van der Waals surface area contributed by atoms with E-state index in [0.717, 1.165) is 16.3 Å². The average molecular weight is 284 g/mol. The van der Waals surface area contributed by atoms with Gasteiger partial charge in [0.15, 0.2) is 0 Å². The standard InChI is InChI=1S/C17H20N2O2/c1-3-18-17(21)16(19-12(2)20)11-13-8-9-14-6-4-5-7-15(14)10-13/h4-10,16H,3,11H2,1-2H3,(H,18,21)(H,19,20). The van der Waals surface area contributed by atoms with E-state index in [1.54, 1.807) is 0 Å². The predicted octanol–water partition coefficient (Wildman–Crippen LogP) is 2.02. The van der Waals surface area contributed by atoms with Gasteiger partial charge in [0.1, 0.15) is 6.04 Å². The molecule has 0 saturated carbocycles. The van der Waals surface area contributed by atoms with Crippen molar-refractivity contribution in [3.05, 3.63) is 48.0 Å². The molecule has 2 N–H and O–H groups in total. The van der Waals surface area contributed by atoms with Crippen molar-refractivity contribution in [1.29, 1.82) is 0 Å². The summed E-state index contributed by atoms with van der Waals surface area (Å²) < 4.78 is 0. The van der Waals surface area contributed by atoms with Gasteiger partial charge in [-0.2, -0.15) is 0 Å². The normalized spacial score (nSPS) is 11.9. The lowest BCUT2D eigenvalue weighted by Crippen LogP contribution is -2.47. The first-order valence-corrected chi connectivity index (χ1v) is 7.12. The summed E-state index contributed by atoms with van der Waals surface area (Å²) >= 11 is 0. The molecule has 0 aromatic heterocycles. The molecule has 2 rings (SSSR count). The molecule has 0 saturated heterocycles. The van der Waals surface area contributed by atoms with Crippen molar-refractivity contribution in [2.75, 3.05) is 6.54 Å². The maximum absolute atomic E-state index is 12.0. The van der Waals surface area contributed by atoms with Crippen molar-refractivity contribution >= 4 is 22.6 Å². The van der Waals surface area contributed by atoms with Crippen molar-refractivity contribution in [1.82, 2.24) is 10.6 Å². The van der Waals surface area contributed by atoms with E-state index in [0.29, 0.717) is 13.0 Å². The molecule has 0 fully saturated rings. The van der Waals surface area contributed by atoms with E-state index < -0.39 is 6.04 Å². The van der Waals surface area contributed by atoms with Crippen molar-refractivity contribution in [3.8, 4) is 0 Å². The highest BCUT2D eigenvalue weighted by Crippen LogP contribution is 2.16. The van der Waals surface area contributed by atoms with Crippen LogP contribution in [-0.2, 0) is 16.0 Å². The highest BCUT2D eigenvalue weighted by atomic mass is 16.2. The monoisotopic (exact) mass is 284 g/mol. The fourth-order valence-corrected chi connectivity index (χ4v) is 2.35. The smallest absolute Gasteiger partial charge is 0.242 e. The van der Waals surface area contributed by atoms with Crippen molar-refractivity contribution in [2.45, 2.75) is 26.3 Å². The minimum atomic E-state index is -0.538. The molecule has 1 unspecified atom stereocenters. The molecule has 2 aromatic rings. The van der Waals surface area contributed by atoms with Crippen LogP contribution in [-0.4, -0.2) is 24.4 Å². The lowest BCUT2D eigenvalue weighted by molar-refractivity contribution is -0.128. The third kappa shape index (κ3) is 4.05. The second-order valence-corrected chi connectivity index (χ2v) is 5.03. The summed E-state index contributed by atoms with van der Waals surface area (Å²) in [7, 11) is 0. The molecule has 110 valence electrons. The Hall–Kier alpha value is -2.36. The van der Waals surface area contributed by atoms with Crippen LogP contribution in [0, 0.1) is 0 Å². The lowest BCUT2D eigenvalue weighted by atomic mass is 10.0. The molecule has 4 nitrogen and oxygen atoms in total. The number of rotatable bonds is 5. The van der Waals surface area contributed by atoms with Gasteiger partial charge < -0.3 is 10.6 Å². The van der Waals surface area contributed by atoms with Crippen LogP contribution in [0.4, 0.5) is 0 Å². The number of amides is 2. The zero-order valence-electron chi connectivity index (χ0n) is 12.3. The second kappa shape index (κ2) is 6.88. The van der Waals surface area contributed by atoms with Gasteiger partial charge in [0, 0.05) is 19.9 Å². The summed E-state index contributed by atoms with van der Waals surface area (Å²) in [6.45, 7) is 3.83. The van der Waals surface area contributed by atoms with Gasteiger partial charge in [0.2, 0.25) is 11.8 Å². The molecule has 2 aromatic carbocycles. The Bertz CT molecular complexity index is 652. The Kier molecular flexibility index (Phi) is 4.93. The summed E-state index contributed by atoms with van der Waals surface area (Å²) in [6.07, 6.45) is 0.482. The van der Waals surface area contributed by atoms with E-state index >= 15 is 0 Å². The van der Waals surface area contributed by atoms with Crippen molar-refractivity contribution in [2.24, 2.45) is 0 Å². The van der Waals surface area contributed by atoms with Crippen LogP contribution in [0.2, 0.25) is 0 Å². The molecule has 21 heavy (non-hydrogen) atoms. The SMILES string of the molecule is CCNC(=O)C(Cc1ccc2ccccc2c1)NC(C)=O. The van der Waals surface area contributed by atoms with E-state index in [2.05, 4.69) is 16.7 Å². The lowest BCUT2D eigenvalue weighted by Gasteiger charge is -2.17. The molecule has 0 bridgehead atoms. The molecular formula is C17H20N2O2. The van der Waals surface area contributed by atoms with Crippen LogP contribution in [0.5, 0.6) is 0 Å². The molecule has 0 radical (unpaired) electrons. The van der Waals surface area contributed by atoms with Gasteiger partial charge in [0.25, 0.3) is 0 Å². The first-order valence-electron chi connectivity index (χ1n) is 7.12. The second-order valence-electron chi connectivity index (χ2n) is 5.03. The minimum Gasteiger partial charge on any atom is -0.355 e. The van der Waals surface area contributed by atoms with E-state index in [4.69, 9.17) is 0 Å². The Morgan fingerprint density at radius 2 is 1.81 bits per heavy atom. The maximum atomic E-state index is 12.0. The summed E-state index contributed by atoms with van der Waals surface area (Å²) in [5.74, 6) is -0.354. The quantitative estimate of drug-likeness (QED) is 0.882. The fraction of sp³-hybridized carbons (Fsp3) is 0.294. The molecule has 0 aliphatic rings. The average Bonchev–Trinajstić information content (AvgIpc) is 2.46. The highest BCUT2D eigenvalue weighted by Gasteiger charge is 2.19. The molecule has 0 aliphatic heterocycles. The topological polar surface area (TPSA) is 58.2 Å². The van der Waals surface area contributed by atoms with Crippen molar-refractivity contribution < 1.29 is 9.59 Å². The molecule has 4 heteroatoms. The van der Waals surface area contributed by atoms with Crippen molar-refractivity contribution in [3.63, 3.8) is 0 Å². The molecule has 0 aliphatic carbocycles. The summed E-state index contributed by atoms with van der Waals surface area (Å²) in [5, 5.41) is 7.76. The van der Waals surface area contributed by atoms with Gasteiger partial charge in [-0.1, -0.05) is 42.5 Å². The van der Waals surface area contributed by atoms with Gasteiger partial charge in [0.05, 0.1) is 0 Å². The largest absolute Gasteiger partial charge is 0.355 e. The fourth-order valence-electron chi connectivity index (χ4n) is 2.35. The molecular weight excluding hydrogens is 264 g/mol. The summed E-state index contributed by atoms with van der Waals surface area (Å²) in [6, 6.07) is 13.6. The van der Waals surface area contributed by atoms with Crippen LogP contribution >= 0.6 is 0 Å². The van der Waals surface area contributed by atoms with Crippen LogP contribution in [0.25, 0.3) is 10.8 Å². The molecule has 2 amide bonds. The Balaban J connectivity index is 2.20. The number of fused-ring (bicyclic) bond motifs is 1. The van der Waals surface area contributed by atoms with E-state index in [9.17, 15) is 9.59 Å². The maximum Gasteiger partial charge on any atom is 0.242 e. The highest BCUT2D eigenvalue weighted by molar-refractivity contribution is 5.87. The third-order valence-electron chi connectivity index (χ3n) is 3.30. The summed E-state index contributed by atoms with van der Waals surface area (Å²) in [4.78, 5) is 23.3. The van der Waals surface area contributed by atoms with E-state index in [1.165, 1.54) is 6.92 Å². The summed E-state index contributed by atoms with van der Waals surface area (Å²) in [5.41, 5.74) is 1.03. The van der Waals surface area contributed by atoms with E-state index in [1.807, 2.05) is 43.3 Å². The number of hydrogen-bond donors (Lipinski definition) is 2. The Morgan fingerprint density at radius 1 is 1.10 bits per heavy atom. The van der Waals surface area contributed by atoms with Gasteiger partial charge >= 0.3 is 0 Å². The Labute approximate surface area is 124 Å². The number of hydrogen-bond acceptors (Lipinski definition) is 2. The van der Waals surface area contributed by atoms with Crippen LogP contribution in [0.3, 0.4) is 0 Å². The zero-order chi connectivity index (χ0) is 15.2. The number of benzene rings is 2. The first kappa shape index (κ1) is 15.0. The van der Waals surface area contributed by atoms with Gasteiger partial charge in [-0.25, -0.2) is 0 Å². The molecule has 1 atom stereocenters. The zero-order valence-corrected chi connectivity index (χ0v) is 12.3. The van der Waals surface area contributed by atoms with Gasteiger partial charge in [-0.3, -0.25) is 9.59 Å². The minimum absolute atomic E-state index is 0.152. The molecule has 0 spiro atoms. The third-order valence-corrected chi connectivity index (χ3v) is 3.30. The number of carbonyl (C=O) groups excluding carboxylic acids is 2. The van der Waals surface area contributed by atoms with E-state index in [-0.39, 0.29) is 11.8 Å². The number of carbonyl (C=O) groups is 2. The number of nitrogens with one attached hydrogen (secondary N) is 2. The van der Waals surface area contributed by atoms with Gasteiger partial charge in [-0.05, 0) is 23.3 Å². The Morgan fingerprint density at radius 3 is 2.48 bits per heavy atom. The first-order chi connectivity index (χ1) is 10.1.